The molecule has 1 aromatic heterocycles. The average Bonchev–Trinajstić information content (AvgIpc) is 2.82. The van der Waals surface area contributed by atoms with Crippen LogP contribution in [0.2, 0.25) is 0 Å². The van der Waals surface area contributed by atoms with Crippen LogP contribution >= 0.6 is 0 Å². The van der Waals surface area contributed by atoms with Crippen molar-refractivity contribution in [3.05, 3.63) is 47.3 Å². The minimum atomic E-state index is 0.121. The largest absolute Gasteiger partial charge is 0.496 e. The molecule has 2 aromatic rings. The number of ether oxygens (including phenoxy) is 1. The summed E-state index contributed by atoms with van der Waals surface area (Å²) in [6.45, 7) is 5.06. The minimum absolute atomic E-state index is 0.121. The van der Waals surface area contributed by atoms with E-state index in [1.165, 1.54) is 5.56 Å². The van der Waals surface area contributed by atoms with E-state index in [1.54, 1.807) is 7.11 Å². The van der Waals surface area contributed by atoms with Crippen molar-refractivity contribution in [1.82, 2.24) is 15.1 Å². The summed E-state index contributed by atoms with van der Waals surface area (Å²) in [6.07, 6.45) is 1.97. The highest BCUT2D eigenvalue weighted by Gasteiger charge is 2.16. The lowest BCUT2D eigenvalue weighted by molar-refractivity contribution is 0.411. The van der Waals surface area contributed by atoms with Gasteiger partial charge in [0.15, 0.2) is 0 Å². The van der Waals surface area contributed by atoms with E-state index >= 15 is 0 Å². The van der Waals surface area contributed by atoms with Gasteiger partial charge in [0.2, 0.25) is 0 Å². The number of hydrogen-bond donors (Lipinski definition) is 1. The lowest BCUT2D eigenvalue weighted by Gasteiger charge is -2.17. The summed E-state index contributed by atoms with van der Waals surface area (Å²) in [4.78, 5) is 0. The van der Waals surface area contributed by atoms with E-state index in [-0.39, 0.29) is 6.04 Å². The van der Waals surface area contributed by atoms with Gasteiger partial charge in [0.1, 0.15) is 5.75 Å². The second-order valence-electron chi connectivity index (χ2n) is 4.63. The number of nitrogens with one attached hydrogen (secondary N) is 1. The van der Waals surface area contributed by atoms with Crippen LogP contribution in [0.5, 0.6) is 5.75 Å². The Labute approximate surface area is 114 Å². The highest BCUT2D eigenvalue weighted by Crippen LogP contribution is 2.25. The van der Waals surface area contributed by atoms with Crippen LogP contribution < -0.4 is 10.1 Å². The van der Waals surface area contributed by atoms with Crippen LogP contribution in [0.25, 0.3) is 0 Å². The minimum Gasteiger partial charge on any atom is -0.496 e. The summed E-state index contributed by atoms with van der Waals surface area (Å²) < 4.78 is 7.14. The predicted molar refractivity (Wildman–Crippen MR) is 76.5 cm³/mol. The molecule has 0 radical (unpaired) electrons. The van der Waals surface area contributed by atoms with Crippen LogP contribution in [0.15, 0.2) is 30.5 Å². The molecule has 4 heteroatoms. The van der Waals surface area contributed by atoms with Crippen molar-refractivity contribution >= 4 is 0 Å². The average molecular weight is 259 g/mol. The summed E-state index contributed by atoms with van der Waals surface area (Å²) in [5.74, 6) is 0.917. The number of aryl methyl sites for hydroxylation is 2. The zero-order chi connectivity index (χ0) is 13.8. The van der Waals surface area contributed by atoms with Crippen LogP contribution in [0.4, 0.5) is 0 Å². The van der Waals surface area contributed by atoms with E-state index in [4.69, 9.17) is 4.74 Å². The molecule has 19 heavy (non-hydrogen) atoms. The molecule has 0 spiro atoms. The van der Waals surface area contributed by atoms with Crippen molar-refractivity contribution in [2.45, 2.75) is 19.9 Å². The predicted octanol–water partition coefficient (Wildman–Crippen LogP) is 2.44. The Morgan fingerprint density at radius 1 is 1.37 bits per heavy atom. The van der Waals surface area contributed by atoms with E-state index in [0.29, 0.717) is 0 Å². The number of aromatic nitrogens is 2. The smallest absolute Gasteiger partial charge is 0.121 e. The van der Waals surface area contributed by atoms with Gasteiger partial charge in [-0.2, -0.15) is 5.10 Å². The van der Waals surface area contributed by atoms with Crippen molar-refractivity contribution in [3.63, 3.8) is 0 Å². The van der Waals surface area contributed by atoms with Crippen molar-refractivity contribution in [3.8, 4) is 5.75 Å². The molecule has 1 unspecified atom stereocenters. The topological polar surface area (TPSA) is 39.1 Å². The first kappa shape index (κ1) is 13.6. The fourth-order valence-corrected chi connectivity index (χ4v) is 2.27. The molecule has 0 bridgehead atoms. The first-order valence-corrected chi connectivity index (χ1v) is 6.53. The number of methoxy groups -OCH3 is 1. The maximum atomic E-state index is 5.31. The zero-order valence-corrected chi connectivity index (χ0v) is 12.0. The molecule has 0 aliphatic heterocycles. The summed E-state index contributed by atoms with van der Waals surface area (Å²) in [7, 11) is 3.63. The third-order valence-electron chi connectivity index (χ3n) is 3.19. The summed E-state index contributed by atoms with van der Waals surface area (Å²) in [5, 5.41) is 7.98. The molecule has 0 aliphatic carbocycles. The van der Waals surface area contributed by atoms with Crippen LogP contribution in [-0.2, 0) is 7.05 Å². The van der Waals surface area contributed by atoms with Crippen molar-refractivity contribution < 1.29 is 4.74 Å². The summed E-state index contributed by atoms with van der Waals surface area (Å²) in [6, 6.07) is 8.43. The SMILES string of the molecule is CCNC(c1ccc(OC)c(C)c1)c1ccn(C)n1. The molecular formula is C15H21N3O. The number of rotatable bonds is 5. The van der Waals surface area contributed by atoms with Gasteiger partial charge in [-0.25, -0.2) is 0 Å². The fourth-order valence-electron chi connectivity index (χ4n) is 2.27. The highest BCUT2D eigenvalue weighted by molar-refractivity contribution is 5.39. The van der Waals surface area contributed by atoms with Gasteiger partial charge < -0.3 is 10.1 Å². The molecule has 1 atom stereocenters. The molecule has 4 nitrogen and oxygen atoms in total. The molecule has 1 aromatic carbocycles. The van der Waals surface area contributed by atoms with Gasteiger partial charge >= 0.3 is 0 Å². The normalized spacial score (nSPS) is 12.4. The highest BCUT2D eigenvalue weighted by atomic mass is 16.5. The first-order chi connectivity index (χ1) is 9.15. The molecule has 0 aliphatic rings. The Morgan fingerprint density at radius 3 is 2.68 bits per heavy atom. The molecule has 102 valence electrons. The number of benzene rings is 1. The molecule has 1 heterocycles. The Kier molecular flexibility index (Phi) is 4.22. The van der Waals surface area contributed by atoms with Gasteiger partial charge in [-0.15, -0.1) is 0 Å². The molecule has 0 amide bonds. The summed E-state index contributed by atoms with van der Waals surface area (Å²) >= 11 is 0. The van der Waals surface area contributed by atoms with Crippen molar-refractivity contribution in [1.29, 1.82) is 0 Å². The first-order valence-electron chi connectivity index (χ1n) is 6.53. The number of hydrogen-bond acceptors (Lipinski definition) is 3. The van der Waals surface area contributed by atoms with Crippen LogP contribution in [0.3, 0.4) is 0 Å². The number of nitrogens with zero attached hydrogens (tertiary/aromatic N) is 2. The second kappa shape index (κ2) is 5.89. The Morgan fingerprint density at radius 2 is 2.16 bits per heavy atom. The molecule has 0 saturated carbocycles. The Hall–Kier alpha value is -1.81. The standard InChI is InChI=1S/C15H21N3O/c1-5-16-15(13-8-9-18(3)17-13)12-6-7-14(19-4)11(2)10-12/h6-10,15-16H,5H2,1-4H3. The van der Waals surface area contributed by atoms with Gasteiger partial charge in [0.25, 0.3) is 0 Å². The van der Waals surface area contributed by atoms with Crippen molar-refractivity contribution in [2.75, 3.05) is 13.7 Å². The Bertz CT molecular complexity index is 548. The van der Waals surface area contributed by atoms with E-state index < -0.39 is 0 Å². The van der Waals surface area contributed by atoms with Crippen LogP contribution in [0, 0.1) is 6.92 Å². The lowest BCUT2D eigenvalue weighted by Crippen LogP contribution is -2.22. The van der Waals surface area contributed by atoms with Gasteiger partial charge in [-0.05, 0) is 36.7 Å². The molecule has 2 rings (SSSR count). The fraction of sp³-hybridized carbons (Fsp3) is 0.400. The Balaban J connectivity index is 2.36. The molecular weight excluding hydrogens is 238 g/mol. The van der Waals surface area contributed by atoms with Gasteiger partial charge in [0, 0.05) is 13.2 Å². The molecule has 0 fully saturated rings. The third-order valence-corrected chi connectivity index (χ3v) is 3.19. The quantitative estimate of drug-likeness (QED) is 0.896. The van der Waals surface area contributed by atoms with Gasteiger partial charge in [-0.1, -0.05) is 19.1 Å². The van der Waals surface area contributed by atoms with Crippen LogP contribution in [0.1, 0.15) is 29.8 Å². The van der Waals surface area contributed by atoms with E-state index in [1.807, 2.05) is 30.1 Å². The monoisotopic (exact) mass is 259 g/mol. The lowest BCUT2D eigenvalue weighted by atomic mass is 10.0. The molecule has 0 saturated heterocycles. The van der Waals surface area contributed by atoms with E-state index in [0.717, 1.165) is 23.6 Å². The zero-order valence-electron chi connectivity index (χ0n) is 12.0. The van der Waals surface area contributed by atoms with E-state index in [2.05, 4.69) is 36.4 Å². The van der Waals surface area contributed by atoms with Gasteiger partial charge in [0.05, 0.1) is 18.8 Å². The van der Waals surface area contributed by atoms with E-state index in [9.17, 15) is 0 Å². The summed E-state index contributed by atoms with van der Waals surface area (Å²) in [5.41, 5.74) is 3.38. The van der Waals surface area contributed by atoms with Crippen molar-refractivity contribution in [2.24, 2.45) is 7.05 Å². The van der Waals surface area contributed by atoms with Gasteiger partial charge in [-0.3, -0.25) is 4.68 Å². The third kappa shape index (κ3) is 2.96. The second-order valence-corrected chi connectivity index (χ2v) is 4.63. The van der Waals surface area contributed by atoms with Crippen LogP contribution in [-0.4, -0.2) is 23.4 Å². The molecule has 1 N–H and O–H groups in total. The maximum absolute atomic E-state index is 5.31. The maximum Gasteiger partial charge on any atom is 0.121 e.